The molecule has 1 aromatic carbocycles. The van der Waals surface area contributed by atoms with Gasteiger partial charge in [0, 0.05) is 5.71 Å². The highest BCUT2D eigenvalue weighted by atomic mass is 32.1. The summed E-state index contributed by atoms with van der Waals surface area (Å²) in [4.78, 5) is 24.5. The van der Waals surface area contributed by atoms with E-state index in [2.05, 4.69) is 15.8 Å². The van der Waals surface area contributed by atoms with Crippen LogP contribution in [0.3, 0.4) is 0 Å². The molecule has 1 aromatic heterocycles. The maximum absolute atomic E-state index is 12.4. The molecule has 2 rings (SSSR count). The molecule has 0 aliphatic heterocycles. The summed E-state index contributed by atoms with van der Waals surface area (Å²) in [6.45, 7) is 3.55. The van der Waals surface area contributed by atoms with Crippen LogP contribution >= 0.6 is 11.3 Å². The molecule has 6 nitrogen and oxygen atoms in total. The van der Waals surface area contributed by atoms with Gasteiger partial charge in [-0.2, -0.15) is 5.10 Å². The summed E-state index contributed by atoms with van der Waals surface area (Å²) in [5.41, 5.74) is 3.93. The summed E-state index contributed by atoms with van der Waals surface area (Å²) in [5.74, 6) is -0.240. The van der Waals surface area contributed by atoms with Crippen LogP contribution in [0.4, 0.5) is 5.00 Å². The highest BCUT2D eigenvalue weighted by Crippen LogP contribution is 2.25. The van der Waals surface area contributed by atoms with Gasteiger partial charge < -0.3 is 10.1 Å². The van der Waals surface area contributed by atoms with Gasteiger partial charge in [0.25, 0.3) is 11.8 Å². The molecule has 1 heterocycles. The molecule has 2 aromatic rings. The highest BCUT2D eigenvalue weighted by molar-refractivity contribution is 7.14. The number of carbonyl (C=O) groups is 2. The number of amides is 2. The normalized spacial score (nSPS) is 9.87. The van der Waals surface area contributed by atoms with Gasteiger partial charge in [0.2, 0.25) is 0 Å². The number of methoxy groups -OCH3 is 1. The van der Waals surface area contributed by atoms with E-state index in [9.17, 15) is 9.59 Å². The summed E-state index contributed by atoms with van der Waals surface area (Å²) >= 11 is 1.27. The largest absolute Gasteiger partial charge is 0.496 e. The molecule has 0 atom stereocenters. The number of nitrogens with one attached hydrogen (secondary N) is 2. The molecule has 2 N–H and O–H groups in total. The number of hydrazone groups is 1. The molecule has 0 spiro atoms. The van der Waals surface area contributed by atoms with Crippen molar-refractivity contribution in [2.75, 3.05) is 12.4 Å². The van der Waals surface area contributed by atoms with Crippen molar-refractivity contribution in [1.29, 1.82) is 0 Å². The molecule has 0 fully saturated rings. The zero-order valence-electron chi connectivity index (χ0n) is 13.0. The molecule has 7 heteroatoms. The van der Waals surface area contributed by atoms with Gasteiger partial charge in [-0.05, 0) is 37.4 Å². The molecule has 0 unspecified atom stereocenters. The first-order valence-electron chi connectivity index (χ1n) is 6.86. The molecule has 0 aliphatic carbocycles. The number of rotatable bonds is 5. The van der Waals surface area contributed by atoms with E-state index < -0.39 is 0 Å². The summed E-state index contributed by atoms with van der Waals surface area (Å²) in [5, 5.41) is 8.81. The zero-order chi connectivity index (χ0) is 16.8. The van der Waals surface area contributed by atoms with Crippen molar-refractivity contribution in [3.05, 3.63) is 46.8 Å². The van der Waals surface area contributed by atoms with Crippen molar-refractivity contribution >= 4 is 33.9 Å². The van der Waals surface area contributed by atoms with E-state index in [1.165, 1.54) is 18.4 Å². The van der Waals surface area contributed by atoms with E-state index in [4.69, 9.17) is 4.74 Å². The Morgan fingerprint density at radius 2 is 1.83 bits per heavy atom. The second-order valence-corrected chi connectivity index (χ2v) is 5.73. The standard InChI is InChI=1S/C16H17N3O3S/c1-10(2)18-19-15(21)12-8-9-23-16(12)17-14(20)11-6-4-5-7-13(11)22-3/h4-9H,1-3H3,(H,17,20)(H,19,21). The van der Waals surface area contributed by atoms with Crippen molar-refractivity contribution in [3.63, 3.8) is 0 Å². The van der Waals surface area contributed by atoms with Gasteiger partial charge >= 0.3 is 0 Å². The van der Waals surface area contributed by atoms with Gasteiger partial charge in [-0.25, -0.2) is 5.43 Å². The third-order valence-electron chi connectivity index (χ3n) is 2.87. The minimum absolute atomic E-state index is 0.339. The van der Waals surface area contributed by atoms with Gasteiger partial charge in [0.05, 0.1) is 18.2 Å². The zero-order valence-corrected chi connectivity index (χ0v) is 13.9. The first kappa shape index (κ1) is 16.7. The fraction of sp³-hybridized carbons (Fsp3) is 0.188. The third kappa shape index (κ3) is 4.17. The molecule has 2 amide bonds. The van der Waals surface area contributed by atoms with Crippen LogP contribution in [0.25, 0.3) is 0 Å². The Balaban J connectivity index is 2.18. The van der Waals surface area contributed by atoms with Gasteiger partial charge in [-0.3, -0.25) is 9.59 Å². The lowest BCUT2D eigenvalue weighted by Crippen LogP contribution is -2.20. The quantitative estimate of drug-likeness (QED) is 0.652. The molecule has 0 bridgehead atoms. The van der Waals surface area contributed by atoms with E-state index in [-0.39, 0.29) is 11.8 Å². The van der Waals surface area contributed by atoms with E-state index in [1.54, 1.807) is 49.6 Å². The molecule has 0 aliphatic rings. The van der Waals surface area contributed by atoms with Crippen molar-refractivity contribution in [1.82, 2.24) is 5.43 Å². The number of hydrogen-bond donors (Lipinski definition) is 2. The lowest BCUT2D eigenvalue weighted by atomic mass is 10.2. The summed E-state index contributed by atoms with van der Waals surface area (Å²) in [7, 11) is 1.50. The Bertz CT molecular complexity index is 749. The second kappa shape index (κ2) is 7.55. The topological polar surface area (TPSA) is 79.8 Å². The first-order chi connectivity index (χ1) is 11.0. The van der Waals surface area contributed by atoms with Gasteiger partial charge in [0.1, 0.15) is 10.8 Å². The van der Waals surface area contributed by atoms with Crippen LogP contribution in [0, 0.1) is 0 Å². The summed E-state index contributed by atoms with van der Waals surface area (Å²) < 4.78 is 5.17. The summed E-state index contributed by atoms with van der Waals surface area (Å²) in [6, 6.07) is 8.53. The molecule has 120 valence electrons. The number of nitrogens with zero attached hydrogens (tertiary/aromatic N) is 1. The number of para-hydroxylation sites is 1. The van der Waals surface area contributed by atoms with Gasteiger partial charge in [-0.15, -0.1) is 11.3 Å². The van der Waals surface area contributed by atoms with Crippen LogP contribution in [0.15, 0.2) is 40.8 Å². The molecule has 0 radical (unpaired) electrons. The van der Waals surface area contributed by atoms with E-state index in [1.807, 2.05) is 0 Å². The predicted octanol–water partition coefficient (Wildman–Crippen LogP) is 3.13. The van der Waals surface area contributed by atoms with Crippen LogP contribution in [0.1, 0.15) is 34.6 Å². The van der Waals surface area contributed by atoms with Crippen molar-refractivity contribution < 1.29 is 14.3 Å². The minimum atomic E-state index is -0.372. The fourth-order valence-electron chi connectivity index (χ4n) is 1.81. The first-order valence-corrected chi connectivity index (χ1v) is 7.74. The number of benzene rings is 1. The maximum atomic E-state index is 12.4. The van der Waals surface area contributed by atoms with Crippen LogP contribution in [-0.4, -0.2) is 24.6 Å². The van der Waals surface area contributed by atoms with Crippen LogP contribution in [0.2, 0.25) is 0 Å². The number of anilines is 1. The van der Waals surface area contributed by atoms with E-state index >= 15 is 0 Å². The molecule has 0 saturated carbocycles. The Hall–Kier alpha value is -2.67. The molecule has 23 heavy (non-hydrogen) atoms. The maximum Gasteiger partial charge on any atom is 0.274 e. The Morgan fingerprint density at radius 1 is 1.09 bits per heavy atom. The van der Waals surface area contributed by atoms with Gasteiger partial charge in [0.15, 0.2) is 0 Å². The van der Waals surface area contributed by atoms with Crippen LogP contribution in [-0.2, 0) is 0 Å². The molecular weight excluding hydrogens is 314 g/mol. The Morgan fingerprint density at radius 3 is 2.52 bits per heavy atom. The second-order valence-electron chi connectivity index (χ2n) is 4.82. The summed E-state index contributed by atoms with van der Waals surface area (Å²) in [6.07, 6.45) is 0. The molecular formula is C16H17N3O3S. The molecule has 0 saturated heterocycles. The number of thiophene rings is 1. The third-order valence-corrected chi connectivity index (χ3v) is 3.70. The average Bonchev–Trinajstić information content (AvgIpc) is 3.00. The van der Waals surface area contributed by atoms with E-state index in [0.29, 0.717) is 21.9 Å². The highest BCUT2D eigenvalue weighted by Gasteiger charge is 2.17. The van der Waals surface area contributed by atoms with Crippen molar-refractivity contribution in [2.45, 2.75) is 13.8 Å². The minimum Gasteiger partial charge on any atom is -0.496 e. The lowest BCUT2D eigenvalue weighted by Gasteiger charge is -2.09. The number of carbonyl (C=O) groups excluding carboxylic acids is 2. The monoisotopic (exact) mass is 331 g/mol. The predicted molar refractivity (Wildman–Crippen MR) is 91.5 cm³/mol. The fourth-order valence-corrected chi connectivity index (χ4v) is 2.59. The van der Waals surface area contributed by atoms with Crippen molar-refractivity contribution in [2.24, 2.45) is 5.10 Å². The van der Waals surface area contributed by atoms with Gasteiger partial charge in [-0.1, -0.05) is 12.1 Å². The lowest BCUT2D eigenvalue weighted by molar-refractivity contribution is 0.0956. The van der Waals surface area contributed by atoms with Crippen molar-refractivity contribution in [3.8, 4) is 5.75 Å². The number of ether oxygens (including phenoxy) is 1. The number of hydrogen-bond acceptors (Lipinski definition) is 5. The van der Waals surface area contributed by atoms with Crippen LogP contribution in [0.5, 0.6) is 5.75 Å². The Labute approximate surface area is 138 Å². The smallest absolute Gasteiger partial charge is 0.274 e. The Kier molecular flexibility index (Phi) is 5.48. The SMILES string of the molecule is COc1ccccc1C(=O)Nc1sccc1C(=O)NN=C(C)C. The van der Waals surface area contributed by atoms with E-state index in [0.717, 1.165) is 5.71 Å². The average molecular weight is 331 g/mol. The van der Waals surface area contributed by atoms with Crippen LogP contribution < -0.4 is 15.5 Å².